The lowest BCUT2D eigenvalue weighted by atomic mass is 10.0. The third kappa shape index (κ3) is 9.44. The Labute approximate surface area is 92.2 Å². The van der Waals surface area contributed by atoms with Crippen LogP contribution < -0.4 is 0 Å². The number of rotatable bonds is 7. The molecule has 0 atom stereocenters. The maximum absolute atomic E-state index is 11.3. The van der Waals surface area contributed by atoms with Crippen LogP contribution in [0.3, 0.4) is 0 Å². The van der Waals surface area contributed by atoms with Crippen molar-refractivity contribution in [1.82, 2.24) is 0 Å². The summed E-state index contributed by atoms with van der Waals surface area (Å²) < 4.78 is 4.96. The van der Waals surface area contributed by atoms with E-state index in [0.29, 0.717) is 31.6 Å². The zero-order valence-corrected chi connectivity index (χ0v) is 10.2. The molecule has 0 heterocycles. The molecule has 0 aliphatic carbocycles. The predicted molar refractivity (Wildman–Crippen MR) is 59.5 cm³/mol. The molecule has 0 aromatic rings. The molecule has 0 amide bonds. The third-order valence-corrected chi connectivity index (χ3v) is 1.84. The van der Waals surface area contributed by atoms with Gasteiger partial charge in [-0.05, 0) is 26.2 Å². The second-order valence-electron chi connectivity index (χ2n) is 4.53. The molecule has 0 aliphatic heterocycles. The van der Waals surface area contributed by atoms with Gasteiger partial charge in [-0.2, -0.15) is 0 Å². The summed E-state index contributed by atoms with van der Waals surface area (Å²) in [6, 6.07) is 0. The Morgan fingerprint density at radius 3 is 2.13 bits per heavy atom. The highest BCUT2D eigenvalue weighted by atomic mass is 16.5. The molecular formula is C12H22O3. The average Bonchev–Trinajstić information content (AvgIpc) is 2.00. The van der Waals surface area contributed by atoms with Crippen molar-refractivity contribution < 1.29 is 14.3 Å². The first-order chi connectivity index (χ1) is 6.91. The summed E-state index contributed by atoms with van der Waals surface area (Å²) in [5, 5.41) is 0. The van der Waals surface area contributed by atoms with Gasteiger partial charge in [-0.1, -0.05) is 13.8 Å². The van der Waals surface area contributed by atoms with Crippen LogP contribution in [0.25, 0.3) is 0 Å². The molecule has 88 valence electrons. The van der Waals surface area contributed by atoms with E-state index in [4.69, 9.17) is 4.74 Å². The van der Waals surface area contributed by atoms with Gasteiger partial charge in [0.25, 0.3) is 0 Å². The number of esters is 1. The number of Topliss-reactive ketones (excluding diaryl/α,β-unsaturated/α-hetero) is 1. The van der Waals surface area contributed by atoms with Crippen LogP contribution in [0.2, 0.25) is 0 Å². The Morgan fingerprint density at radius 2 is 1.67 bits per heavy atom. The monoisotopic (exact) mass is 214 g/mol. The third-order valence-electron chi connectivity index (χ3n) is 1.84. The zero-order chi connectivity index (χ0) is 11.8. The van der Waals surface area contributed by atoms with Crippen molar-refractivity contribution in [3.63, 3.8) is 0 Å². The van der Waals surface area contributed by atoms with Crippen molar-refractivity contribution in [3.8, 4) is 0 Å². The fraction of sp³-hybridized carbons (Fsp3) is 0.833. The maximum Gasteiger partial charge on any atom is 0.306 e. The van der Waals surface area contributed by atoms with E-state index in [-0.39, 0.29) is 17.9 Å². The Kier molecular flexibility index (Phi) is 7.01. The molecule has 0 spiro atoms. The highest BCUT2D eigenvalue weighted by molar-refractivity contribution is 5.79. The number of hydrogen-bond donors (Lipinski definition) is 0. The van der Waals surface area contributed by atoms with E-state index in [1.54, 1.807) is 0 Å². The molecule has 3 nitrogen and oxygen atoms in total. The molecule has 0 fully saturated rings. The summed E-state index contributed by atoms with van der Waals surface area (Å²) in [4.78, 5) is 22.4. The number of carbonyl (C=O) groups excluding carboxylic acids is 2. The lowest BCUT2D eigenvalue weighted by Gasteiger charge is -2.07. The molecule has 0 aliphatic rings. The fourth-order valence-corrected chi connectivity index (χ4v) is 1.31. The van der Waals surface area contributed by atoms with Gasteiger partial charge < -0.3 is 4.74 Å². The van der Waals surface area contributed by atoms with Crippen molar-refractivity contribution in [2.24, 2.45) is 5.92 Å². The van der Waals surface area contributed by atoms with E-state index in [9.17, 15) is 9.59 Å². The smallest absolute Gasteiger partial charge is 0.306 e. The molecule has 0 N–H and O–H groups in total. The van der Waals surface area contributed by atoms with E-state index in [0.717, 1.165) is 0 Å². The van der Waals surface area contributed by atoms with E-state index in [1.165, 1.54) is 0 Å². The normalized spacial score (nSPS) is 10.8. The fourth-order valence-electron chi connectivity index (χ4n) is 1.31. The highest BCUT2D eigenvalue weighted by Crippen LogP contribution is 2.07. The summed E-state index contributed by atoms with van der Waals surface area (Å²) in [6.45, 7) is 7.68. The Hall–Kier alpha value is -0.860. The van der Waals surface area contributed by atoms with Crippen LogP contribution in [-0.2, 0) is 14.3 Å². The minimum absolute atomic E-state index is 0.0659. The molecule has 3 heteroatoms. The van der Waals surface area contributed by atoms with Gasteiger partial charge in [0.2, 0.25) is 0 Å². The Balaban J connectivity index is 3.53. The average molecular weight is 214 g/mol. The van der Waals surface area contributed by atoms with Crippen LogP contribution in [0.1, 0.15) is 53.4 Å². The standard InChI is InChI=1S/C12H22O3/c1-9(2)8-11(13)6-5-7-12(14)15-10(3)4/h9-10H,5-8H2,1-4H3. The predicted octanol–water partition coefficient (Wildman–Crippen LogP) is 2.72. The largest absolute Gasteiger partial charge is 0.463 e. The molecule has 15 heavy (non-hydrogen) atoms. The van der Waals surface area contributed by atoms with Gasteiger partial charge in [-0.3, -0.25) is 9.59 Å². The second-order valence-corrected chi connectivity index (χ2v) is 4.53. The van der Waals surface area contributed by atoms with Crippen LogP contribution in [0.5, 0.6) is 0 Å². The molecular weight excluding hydrogens is 192 g/mol. The molecule has 0 bridgehead atoms. The molecule has 0 saturated heterocycles. The van der Waals surface area contributed by atoms with Crippen molar-refractivity contribution in [2.75, 3.05) is 0 Å². The van der Waals surface area contributed by atoms with Gasteiger partial charge in [0.15, 0.2) is 0 Å². The molecule has 0 aromatic carbocycles. The van der Waals surface area contributed by atoms with E-state index in [2.05, 4.69) is 0 Å². The van der Waals surface area contributed by atoms with Crippen LogP contribution in [-0.4, -0.2) is 17.9 Å². The van der Waals surface area contributed by atoms with Crippen molar-refractivity contribution in [3.05, 3.63) is 0 Å². The molecule has 0 radical (unpaired) electrons. The molecule has 0 unspecified atom stereocenters. The second kappa shape index (κ2) is 7.43. The Bertz CT molecular complexity index is 185. The number of hydrogen-bond acceptors (Lipinski definition) is 3. The topological polar surface area (TPSA) is 43.4 Å². The first kappa shape index (κ1) is 14.1. The lowest BCUT2D eigenvalue weighted by molar-refractivity contribution is -0.147. The molecule has 0 saturated carbocycles. The first-order valence-corrected chi connectivity index (χ1v) is 5.63. The van der Waals surface area contributed by atoms with E-state index < -0.39 is 0 Å². The van der Waals surface area contributed by atoms with Crippen molar-refractivity contribution >= 4 is 11.8 Å². The van der Waals surface area contributed by atoms with Gasteiger partial charge >= 0.3 is 5.97 Å². The summed E-state index contributed by atoms with van der Waals surface area (Å²) in [5.74, 6) is 0.435. The summed E-state index contributed by atoms with van der Waals surface area (Å²) in [6.07, 6.45) is 1.99. The number of carbonyl (C=O) groups is 2. The van der Waals surface area contributed by atoms with Crippen molar-refractivity contribution in [2.45, 2.75) is 59.5 Å². The van der Waals surface area contributed by atoms with Gasteiger partial charge in [-0.15, -0.1) is 0 Å². The molecule has 0 rings (SSSR count). The van der Waals surface area contributed by atoms with E-state index in [1.807, 2.05) is 27.7 Å². The van der Waals surface area contributed by atoms with Crippen molar-refractivity contribution in [1.29, 1.82) is 0 Å². The first-order valence-electron chi connectivity index (χ1n) is 5.63. The van der Waals surface area contributed by atoms with Crippen LogP contribution in [0.15, 0.2) is 0 Å². The summed E-state index contributed by atoms with van der Waals surface area (Å²) >= 11 is 0. The minimum atomic E-state index is -0.206. The van der Waals surface area contributed by atoms with Crippen LogP contribution >= 0.6 is 0 Å². The number of ketones is 1. The summed E-state index contributed by atoms with van der Waals surface area (Å²) in [5.41, 5.74) is 0. The quantitative estimate of drug-likeness (QED) is 0.612. The van der Waals surface area contributed by atoms with E-state index >= 15 is 0 Å². The lowest BCUT2D eigenvalue weighted by Crippen LogP contribution is -2.11. The Morgan fingerprint density at radius 1 is 1.07 bits per heavy atom. The van der Waals surface area contributed by atoms with Gasteiger partial charge in [0.05, 0.1) is 6.10 Å². The number of ether oxygens (including phenoxy) is 1. The highest BCUT2D eigenvalue weighted by Gasteiger charge is 2.08. The van der Waals surface area contributed by atoms with Gasteiger partial charge in [-0.25, -0.2) is 0 Å². The van der Waals surface area contributed by atoms with Crippen LogP contribution in [0.4, 0.5) is 0 Å². The van der Waals surface area contributed by atoms with Gasteiger partial charge in [0, 0.05) is 19.3 Å². The summed E-state index contributed by atoms with van der Waals surface area (Å²) in [7, 11) is 0. The van der Waals surface area contributed by atoms with Gasteiger partial charge in [0.1, 0.15) is 5.78 Å². The zero-order valence-electron chi connectivity index (χ0n) is 10.2. The SMILES string of the molecule is CC(C)CC(=O)CCCC(=O)OC(C)C. The minimum Gasteiger partial charge on any atom is -0.463 e. The maximum atomic E-state index is 11.3. The molecule has 0 aromatic heterocycles. The van der Waals surface area contributed by atoms with Crippen LogP contribution in [0, 0.1) is 5.92 Å².